The molecule has 0 aliphatic rings. The number of hydrogen-bond acceptors (Lipinski definition) is 8. The second-order valence-corrected chi connectivity index (χ2v) is 7.55. The van der Waals surface area contributed by atoms with Gasteiger partial charge in [-0.3, -0.25) is 10.1 Å². The van der Waals surface area contributed by atoms with Crippen molar-refractivity contribution in [2.75, 3.05) is 26.6 Å². The molecule has 0 unspecified atom stereocenters. The van der Waals surface area contributed by atoms with Crippen LogP contribution in [0.25, 0.3) is 22.7 Å². The predicted molar refractivity (Wildman–Crippen MR) is 132 cm³/mol. The van der Waals surface area contributed by atoms with Gasteiger partial charge in [-0.2, -0.15) is 4.98 Å². The summed E-state index contributed by atoms with van der Waals surface area (Å²) >= 11 is 5.38. The highest BCUT2D eigenvalue weighted by molar-refractivity contribution is 7.80. The Kier molecular flexibility index (Phi) is 6.60. The van der Waals surface area contributed by atoms with Gasteiger partial charge in [0.2, 0.25) is 11.6 Å². The van der Waals surface area contributed by atoms with Gasteiger partial charge in [-0.15, -0.1) is 0 Å². The van der Waals surface area contributed by atoms with Crippen molar-refractivity contribution in [3.63, 3.8) is 0 Å². The Labute approximate surface area is 201 Å². The molecule has 2 aromatic heterocycles. The van der Waals surface area contributed by atoms with Crippen LogP contribution >= 0.6 is 12.2 Å². The molecule has 4 rings (SSSR count). The summed E-state index contributed by atoms with van der Waals surface area (Å²) in [6.07, 6.45) is 1.66. The maximum atomic E-state index is 12.8. The van der Waals surface area contributed by atoms with E-state index >= 15 is 0 Å². The van der Waals surface area contributed by atoms with E-state index in [1.54, 1.807) is 24.4 Å². The largest absolute Gasteiger partial charge is 0.493 e. The van der Waals surface area contributed by atoms with Crippen molar-refractivity contribution < 1.29 is 23.4 Å². The molecular weight excluding hydrogens is 456 g/mol. The van der Waals surface area contributed by atoms with Crippen LogP contribution in [0.5, 0.6) is 17.2 Å². The topological polar surface area (TPSA) is 108 Å². The zero-order valence-electron chi connectivity index (χ0n) is 19.0. The third kappa shape index (κ3) is 4.48. The molecule has 1 amide bonds. The molecule has 2 aromatic carbocycles. The van der Waals surface area contributed by atoms with Gasteiger partial charge in [0.05, 0.1) is 21.3 Å². The van der Waals surface area contributed by atoms with E-state index in [9.17, 15) is 4.79 Å². The van der Waals surface area contributed by atoms with E-state index in [1.807, 2.05) is 31.2 Å². The average molecular weight is 479 g/mol. The molecule has 0 saturated carbocycles. The Balaban J connectivity index is 1.53. The van der Waals surface area contributed by atoms with Gasteiger partial charge in [-0.05, 0) is 61.1 Å². The molecule has 0 saturated heterocycles. The number of anilines is 1. The number of nitrogens with one attached hydrogen (secondary N) is 2. The summed E-state index contributed by atoms with van der Waals surface area (Å²) in [4.78, 5) is 21.5. The van der Waals surface area contributed by atoms with E-state index in [0.717, 1.165) is 11.1 Å². The smallest absolute Gasteiger partial charge is 0.257 e. The number of aromatic nitrogens is 2. The molecule has 4 aromatic rings. The van der Waals surface area contributed by atoms with Crippen molar-refractivity contribution in [3.8, 4) is 28.7 Å². The molecule has 0 spiro atoms. The Bertz CT molecular complexity index is 1330. The van der Waals surface area contributed by atoms with E-state index in [2.05, 4.69) is 20.6 Å². The van der Waals surface area contributed by atoms with Crippen LogP contribution in [0.3, 0.4) is 0 Å². The minimum atomic E-state index is -0.435. The van der Waals surface area contributed by atoms with Crippen LogP contribution in [0, 0.1) is 6.92 Å². The van der Waals surface area contributed by atoms with Crippen molar-refractivity contribution >= 4 is 40.2 Å². The molecule has 0 aliphatic carbocycles. The molecule has 0 atom stereocenters. The lowest BCUT2D eigenvalue weighted by Gasteiger charge is -2.15. The van der Waals surface area contributed by atoms with Crippen LogP contribution in [0.15, 0.2) is 53.1 Å². The Morgan fingerprint density at radius 1 is 1.03 bits per heavy atom. The highest BCUT2D eigenvalue weighted by atomic mass is 32.1. The number of benzene rings is 2. The molecule has 9 nitrogen and oxygen atoms in total. The molecule has 34 heavy (non-hydrogen) atoms. The second-order valence-electron chi connectivity index (χ2n) is 7.14. The van der Waals surface area contributed by atoms with Gasteiger partial charge in [0, 0.05) is 23.0 Å². The molecule has 0 aliphatic heterocycles. The summed E-state index contributed by atoms with van der Waals surface area (Å²) < 4.78 is 21.8. The van der Waals surface area contributed by atoms with Gasteiger partial charge in [0.15, 0.2) is 27.8 Å². The first kappa shape index (κ1) is 23.0. The lowest BCUT2D eigenvalue weighted by atomic mass is 10.1. The number of hydrogen-bond donors (Lipinski definition) is 2. The number of oxazole rings is 1. The molecule has 2 heterocycles. The highest BCUT2D eigenvalue weighted by Gasteiger charge is 2.18. The Hall–Kier alpha value is -4.18. The van der Waals surface area contributed by atoms with Gasteiger partial charge in [0.1, 0.15) is 0 Å². The van der Waals surface area contributed by atoms with Crippen molar-refractivity contribution in [1.82, 2.24) is 15.3 Å². The van der Waals surface area contributed by atoms with Gasteiger partial charge >= 0.3 is 0 Å². The maximum Gasteiger partial charge on any atom is 0.257 e. The maximum absolute atomic E-state index is 12.8. The molecule has 0 bridgehead atoms. The van der Waals surface area contributed by atoms with Crippen molar-refractivity contribution in [1.29, 1.82) is 0 Å². The quantitative estimate of drug-likeness (QED) is 0.391. The fourth-order valence-corrected chi connectivity index (χ4v) is 3.63. The molecule has 2 N–H and O–H groups in total. The van der Waals surface area contributed by atoms with Crippen molar-refractivity contribution in [2.24, 2.45) is 0 Å². The summed E-state index contributed by atoms with van der Waals surface area (Å²) in [6, 6.07) is 12.3. The first-order valence-corrected chi connectivity index (χ1v) is 10.6. The molecule has 10 heteroatoms. The molecule has 0 radical (unpaired) electrons. The summed E-state index contributed by atoms with van der Waals surface area (Å²) in [7, 11) is 4.45. The lowest BCUT2D eigenvalue weighted by molar-refractivity contribution is 0.0977. The fourth-order valence-electron chi connectivity index (χ4n) is 3.43. The van der Waals surface area contributed by atoms with Gasteiger partial charge in [-0.1, -0.05) is 6.07 Å². The SMILES string of the molecule is COc1cc(C(=O)NC(=S)Nc2cccc(-c3nc4ncccc4o3)c2C)cc(OC)c1OC. The summed E-state index contributed by atoms with van der Waals surface area (Å²) in [5.74, 6) is 1.13. The average Bonchev–Trinajstić information content (AvgIpc) is 3.28. The van der Waals surface area contributed by atoms with E-state index in [0.29, 0.717) is 45.6 Å². The van der Waals surface area contributed by atoms with E-state index in [1.165, 1.54) is 21.3 Å². The first-order valence-electron chi connectivity index (χ1n) is 10.2. The Morgan fingerprint density at radius 3 is 2.41 bits per heavy atom. The third-order valence-electron chi connectivity index (χ3n) is 5.13. The summed E-state index contributed by atoms with van der Waals surface area (Å²) in [5.41, 5.74) is 3.75. The number of carbonyl (C=O) groups excluding carboxylic acids is 1. The van der Waals surface area contributed by atoms with Crippen molar-refractivity contribution in [3.05, 3.63) is 59.8 Å². The van der Waals surface area contributed by atoms with E-state index in [-0.39, 0.29) is 5.11 Å². The highest BCUT2D eigenvalue weighted by Crippen LogP contribution is 2.38. The number of pyridine rings is 1. The zero-order valence-corrected chi connectivity index (χ0v) is 19.8. The minimum Gasteiger partial charge on any atom is -0.493 e. The fraction of sp³-hybridized carbons (Fsp3) is 0.167. The number of fused-ring (bicyclic) bond motifs is 1. The van der Waals surface area contributed by atoms with E-state index in [4.69, 9.17) is 30.8 Å². The number of thiocarbonyl (C=S) groups is 1. The molecule has 174 valence electrons. The predicted octanol–water partition coefficient (Wildman–Crippen LogP) is 4.35. The van der Waals surface area contributed by atoms with Gasteiger partial charge < -0.3 is 23.9 Å². The molecular formula is C24H22N4O5S. The number of rotatable bonds is 6. The number of nitrogens with zero attached hydrogens (tertiary/aromatic N) is 2. The molecule has 0 fully saturated rings. The van der Waals surface area contributed by atoms with Crippen molar-refractivity contribution in [2.45, 2.75) is 6.92 Å². The van der Waals surface area contributed by atoms with E-state index < -0.39 is 5.91 Å². The van der Waals surface area contributed by atoms with Gasteiger partial charge in [0.25, 0.3) is 5.91 Å². The van der Waals surface area contributed by atoms with Gasteiger partial charge in [-0.25, -0.2) is 4.98 Å². The Morgan fingerprint density at radius 2 is 1.76 bits per heavy atom. The second kappa shape index (κ2) is 9.75. The zero-order chi connectivity index (χ0) is 24.2. The number of carbonyl (C=O) groups is 1. The standard InChI is InChI=1S/C24H22N4O5S/c1-13-15(23-27-21-17(33-23)9-6-10-25-21)7-5-8-16(13)26-24(34)28-22(29)14-11-18(30-2)20(32-4)19(12-14)31-3/h5-12H,1-4H3,(H2,26,28,29,34). The van der Waals surface area contributed by atoms with Crippen LogP contribution in [-0.2, 0) is 0 Å². The normalized spacial score (nSPS) is 10.6. The number of methoxy groups -OCH3 is 3. The van der Waals surface area contributed by atoms with Crippen LogP contribution in [0.2, 0.25) is 0 Å². The number of ether oxygens (including phenoxy) is 3. The summed E-state index contributed by atoms with van der Waals surface area (Å²) in [5, 5.41) is 5.86. The van der Waals surface area contributed by atoms with Crippen LogP contribution in [0.1, 0.15) is 15.9 Å². The van der Waals surface area contributed by atoms with Crippen LogP contribution in [-0.4, -0.2) is 42.3 Å². The lowest BCUT2D eigenvalue weighted by Crippen LogP contribution is -2.34. The number of amides is 1. The first-order chi connectivity index (χ1) is 16.4. The van der Waals surface area contributed by atoms with Crippen LogP contribution in [0.4, 0.5) is 5.69 Å². The monoisotopic (exact) mass is 478 g/mol. The minimum absolute atomic E-state index is 0.123. The third-order valence-corrected chi connectivity index (χ3v) is 5.34. The summed E-state index contributed by atoms with van der Waals surface area (Å²) in [6.45, 7) is 1.91. The van der Waals surface area contributed by atoms with Crippen LogP contribution < -0.4 is 24.8 Å².